The van der Waals surface area contributed by atoms with Gasteiger partial charge >= 0.3 is 0 Å². The number of Topliss-reactive ketones (excluding diaryl/α,β-unsaturated/α-hetero) is 1. The lowest BCUT2D eigenvalue weighted by Gasteiger charge is -2.37. The fraction of sp³-hybridized carbons (Fsp3) is 0.194. The number of carbonyl (C=O) groups excluding carboxylic acids is 4. The highest BCUT2D eigenvalue weighted by atomic mass is 35.5. The lowest BCUT2D eigenvalue weighted by Crippen LogP contribution is -2.57. The number of fused-ring (bicyclic) bond motifs is 1. The number of rotatable bonds is 9. The van der Waals surface area contributed by atoms with E-state index in [2.05, 4.69) is 5.32 Å². The summed E-state index contributed by atoms with van der Waals surface area (Å²) in [6.45, 7) is 2.83. The molecule has 0 fully saturated rings. The Balaban J connectivity index is 1.44. The van der Waals surface area contributed by atoms with Crippen molar-refractivity contribution in [3.05, 3.63) is 93.8 Å². The molecule has 0 saturated carbocycles. The SMILES string of the molecule is COc1ccc(NC(=O)C(C)(C)N(Cc2nc(-c3ccc(Cl)cc3)cs2)C(=O)CN2C(=O)C(=O)c3ccccc32)cc1. The van der Waals surface area contributed by atoms with E-state index < -0.39 is 35.6 Å². The molecule has 3 aromatic carbocycles. The van der Waals surface area contributed by atoms with E-state index in [1.54, 1.807) is 81.6 Å². The van der Waals surface area contributed by atoms with Gasteiger partial charge < -0.3 is 15.0 Å². The van der Waals surface area contributed by atoms with Crippen LogP contribution >= 0.6 is 22.9 Å². The maximum Gasteiger partial charge on any atom is 0.299 e. The number of ketones is 1. The van der Waals surface area contributed by atoms with Crippen molar-refractivity contribution >= 4 is 57.8 Å². The van der Waals surface area contributed by atoms with Crippen LogP contribution in [-0.4, -0.2) is 52.6 Å². The van der Waals surface area contributed by atoms with Crippen molar-refractivity contribution in [1.29, 1.82) is 0 Å². The van der Waals surface area contributed by atoms with Gasteiger partial charge in [0.15, 0.2) is 0 Å². The lowest BCUT2D eigenvalue weighted by atomic mass is 10.0. The van der Waals surface area contributed by atoms with Gasteiger partial charge in [-0.2, -0.15) is 0 Å². The highest BCUT2D eigenvalue weighted by molar-refractivity contribution is 7.09. The van der Waals surface area contributed by atoms with Gasteiger partial charge in [-0.25, -0.2) is 4.98 Å². The van der Waals surface area contributed by atoms with Gasteiger partial charge in [0.25, 0.3) is 11.7 Å². The second kappa shape index (κ2) is 11.8. The van der Waals surface area contributed by atoms with Crippen molar-refractivity contribution in [2.75, 3.05) is 23.9 Å². The summed E-state index contributed by atoms with van der Waals surface area (Å²) in [5.41, 5.74) is 1.30. The number of thiazole rings is 1. The van der Waals surface area contributed by atoms with E-state index in [4.69, 9.17) is 21.3 Å². The Labute approximate surface area is 251 Å². The first-order valence-electron chi connectivity index (χ1n) is 13.0. The molecule has 1 aromatic heterocycles. The molecular weight excluding hydrogens is 576 g/mol. The van der Waals surface area contributed by atoms with E-state index in [0.29, 0.717) is 32.8 Å². The maximum absolute atomic E-state index is 14.0. The van der Waals surface area contributed by atoms with Crippen LogP contribution < -0.4 is 15.0 Å². The third kappa shape index (κ3) is 5.77. The van der Waals surface area contributed by atoms with E-state index >= 15 is 0 Å². The number of methoxy groups -OCH3 is 1. The first-order chi connectivity index (χ1) is 20.1. The Morgan fingerprint density at radius 1 is 1.02 bits per heavy atom. The molecule has 214 valence electrons. The van der Waals surface area contributed by atoms with E-state index in [0.717, 1.165) is 10.5 Å². The predicted octanol–water partition coefficient (Wildman–Crippen LogP) is 5.45. The number of anilines is 2. The van der Waals surface area contributed by atoms with Gasteiger partial charge in [0.1, 0.15) is 22.8 Å². The molecule has 1 aliphatic rings. The molecular formula is C31H27ClN4O5S. The molecule has 0 saturated heterocycles. The minimum Gasteiger partial charge on any atom is -0.497 e. The summed E-state index contributed by atoms with van der Waals surface area (Å²) in [6.07, 6.45) is 0. The number of hydrogen-bond donors (Lipinski definition) is 1. The minimum absolute atomic E-state index is 0.00224. The van der Waals surface area contributed by atoms with Crippen LogP contribution in [0.2, 0.25) is 5.02 Å². The van der Waals surface area contributed by atoms with Crippen LogP contribution in [0, 0.1) is 0 Å². The van der Waals surface area contributed by atoms with Crippen LogP contribution in [0.1, 0.15) is 29.2 Å². The highest BCUT2D eigenvalue weighted by Gasteiger charge is 2.42. The Kier molecular flexibility index (Phi) is 8.11. The molecule has 0 bridgehead atoms. The van der Waals surface area contributed by atoms with Gasteiger partial charge in [0, 0.05) is 21.7 Å². The third-order valence-electron chi connectivity index (χ3n) is 7.04. The zero-order valence-electron chi connectivity index (χ0n) is 23.1. The fourth-order valence-corrected chi connectivity index (χ4v) is 5.49. The van der Waals surface area contributed by atoms with Crippen LogP contribution in [-0.2, 0) is 20.9 Å². The quantitative estimate of drug-likeness (QED) is 0.255. The minimum atomic E-state index is -1.38. The molecule has 0 spiro atoms. The number of halogens is 1. The molecule has 0 radical (unpaired) electrons. The predicted molar refractivity (Wildman–Crippen MR) is 162 cm³/mol. The van der Waals surface area contributed by atoms with Gasteiger partial charge in [-0.05, 0) is 62.4 Å². The largest absolute Gasteiger partial charge is 0.497 e. The summed E-state index contributed by atoms with van der Waals surface area (Å²) in [4.78, 5) is 60.2. The molecule has 1 aliphatic heterocycles. The zero-order valence-corrected chi connectivity index (χ0v) is 24.7. The molecule has 11 heteroatoms. The van der Waals surface area contributed by atoms with Crippen molar-refractivity contribution in [2.45, 2.75) is 25.9 Å². The van der Waals surface area contributed by atoms with Crippen molar-refractivity contribution in [1.82, 2.24) is 9.88 Å². The molecule has 5 rings (SSSR count). The monoisotopic (exact) mass is 602 g/mol. The molecule has 9 nitrogen and oxygen atoms in total. The topological polar surface area (TPSA) is 109 Å². The number of nitrogens with zero attached hydrogens (tertiary/aromatic N) is 3. The maximum atomic E-state index is 14.0. The first-order valence-corrected chi connectivity index (χ1v) is 14.3. The smallest absolute Gasteiger partial charge is 0.299 e. The van der Waals surface area contributed by atoms with Gasteiger partial charge in [0.2, 0.25) is 11.8 Å². The van der Waals surface area contributed by atoms with Crippen LogP contribution in [0.4, 0.5) is 11.4 Å². The number of carbonyl (C=O) groups is 4. The fourth-order valence-electron chi connectivity index (χ4n) is 4.58. The zero-order chi connectivity index (χ0) is 30.0. The molecule has 0 unspecified atom stereocenters. The van der Waals surface area contributed by atoms with Crippen LogP contribution in [0.5, 0.6) is 5.75 Å². The summed E-state index contributed by atoms with van der Waals surface area (Å²) in [5.74, 6) is -1.79. The summed E-state index contributed by atoms with van der Waals surface area (Å²) in [7, 11) is 1.55. The van der Waals surface area contributed by atoms with E-state index in [1.807, 2.05) is 17.5 Å². The molecule has 0 aliphatic carbocycles. The Bertz CT molecular complexity index is 1670. The van der Waals surface area contributed by atoms with E-state index in [-0.39, 0.29) is 12.1 Å². The molecule has 1 N–H and O–H groups in total. The molecule has 42 heavy (non-hydrogen) atoms. The van der Waals surface area contributed by atoms with Crippen LogP contribution in [0.25, 0.3) is 11.3 Å². The summed E-state index contributed by atoms with van der Waals surface area (Å²) >= 11 is 7.37. The van der Waals surface area contributed by atoms with Crippen molar-refractivity contribution < 1.29 is 23.9 Å². The number of nitrogens with one attached hydrogen (secondary N) is 1. The average Bonchev–Trinajstić information content (AvgIpc) is 3.55. The summed E-state index contributed by atoms with van der Waals surface area (Å²) in [5, 5.41) is 5.92. The van der Waals surface area contributed by atoms with Gasteiger partial charge in [0.05, 0.1) is 30.6 Å². The number of aromatic nitrogens is 1. The number of amides is 3. The van der Waals surface area contributed by atoms with Gasteiger partial charge in [-0.3, -0.25) is 24.1 Å². The number of para-hydroxylation sites is 1. The summed E-state index contributed by atoms with van der Waals surface area (Å²) < 4.78 is 5.19. The van der Waals surface area contributed by atoms with Gasteiger partial charge in [-0.15, -0.1) is 11.3 Å². The second-order valence-electron chi connectivity index (χ2n) is 10.1. The first kappa shape index (κ1) is 29.0. The molecule has 4 aromatic rings. The molecule has 2 heterocycles. The molecule has 0 atom stereocenters. The average molecular weight is 603 g/mol. The number of ether oxygens (including phenoxy) is 1. The standard InChI is InChI=1S/C31H27ClN4O5S/c1-31(2,30(40)33-21-12-14-22(41-3)15-13-21)36(16-26-34-24(18-42-26)19-8-10-20(32)11-9-19)27(37)17-35-25-7-5-4-6-23(25)28(38)29(35)39/h4-15,18H,16-17H2,1-3H3,(H,33,40). The van der Waals surface area contributed by atoms with Crippen LogP contribution in [0.3, 0.4) is 0 Å². The third-order valence-corrected chi connectivity index (χ3v) is 8.12. The van der Waals surface area contributed by atoms with Gasteiger partial charge in [-0.1, -0.05) is 35.9 Å². The van der Waals surface area contributed by atoms with E-state index in [9.17, 15) is 19.2 Å². The normalized spacial score (nSPS) is 12.7. The Morgan fingerprint density at radius 3 is 2.40 bits per heavy atom. The Hall–Kier alpha value is -4.54. The highest BCUT2D eigenvalue weighted by Crippen LogP contribution is 2.31. The van der Waals surface area contributed by atoms with Crippen LogP contribution in [0.15, 0.2) is 78.2 Å². The van der Waals surface area contributed by atoms with Crippen molar-refractivity contribution in [2.24, 2.45) is 0 Å². The van der Waals surface area contributed by atoms with Crippen molar-refractivity contribution in [3.8, 4) is 17.0 Å². The number of benzene rings is 3. The Morgan fingerprint density at radius 2 is 1.71 bits per heavy atom. The number of hydrogen-bond acceptors (Lipinski definition) is 7. The summed E-state index contributed by atoms with van der Waals surface area (Å²) in [6, 6.07) is 20.6. The van der Waals surface area contributed by atoms with E-state index in [1.165, 1.54) is 16.2 Å². The lowest BCUT2D eigenvalue weighted by molar-refractivity contribution is -0.143. The second-order valence-corrected chi connectivity index (χ2v) is 11.5. The molecule has 3 amide bonds. The van der Waals surface area contributed by atoms with Crippen molar-refractivity contribution in [3.63, 3.8) is 0 Å².